The lowest BCUT2D eigenvalue weighted by Gasteiger charge is -2.29. The van der Waals surface area contributed by atoms with Gasteiger partial charge in [0, 0.05) is 25.3 Å². The lowest BCUT2D eigenvalue weighted by molar-refractivity contribution is -0.128. The zero-order valence-corrected chi connectivity index (χ0v) is 15.9. The van der Waals surface area contributed by atoms with Crippen molar-refractivity contribution in [3.05, 3.63) is 34.9 Å². The van der Waals surface area contributed by atoms with E-state index in [2.05, 4.69) is 16.3 Å². The molecule has 0 aromatic heterocycles. The Bertz CT molecular complexity index is 769. The molecule has 1 N–H and O–H groups in total. The molecule has 0 saturated carbocycles. The quantitative estimate of drug-likeness (QED) is 0.496. The minimum Gasteiger partial charge on any atom is -0.378 e. The van der Waals surface area contributed by atoms with Gasteiger partial charge in [-0.2, -0.15) is 0 Å². The largest absolute Gasteiger partial charge is 0.378 e. The molecule has 0 spiro atoms. The van der Waals surface area contributed by atoms with Crippen molar-refractivity contribution >= 4 is 40.9 Å². The van der Waals surface area contributed by atoms with Gasteiger partial charge in [0.25, 0.3) is 11.8 Å². The van der Waals surface area contributed by atoms with E-state index in [4.69, 9.17) is 17.0 Å². The van der Waals surface area contributed by atoms with E-state index in [1.165, 1.54) is 4.90 Å². The fraction of sp³-hybridized carbons (Fsp3) is 0.421. The molecule has 2 fully saturated rings. The van der Waals surface area contributed by atoms with Crippen molar-refractivity contribution in [3.8, 4) is 0 Å². The first-order valence-electron chi connectivity index (χ1n) is 8.83. The Morgan fingerprint density at radius 1 is 1.27 bits per heavy atom. The molecule has 2 amide bonds. The minimum atomic E-state index is -0.441. The van der Waals surface area contributed by atoms with Crippen LogP contribution >= 0.6 is 12.2 Å². The Kier molecular flexibility index (Phi) is 5.68. The predicted octanol–water partition coefficient (Wildman–Crippen LogP) is 1.87. The zero-order valence-electron chi connectivity index (χ0n) is 15.1. The second-order valence-corrected chi connectivity index (χ2v) is 6.80. The fourth-order valence-electron chi connectivity index (χ4n) is 3.12. The number of hydrogen-bond acceptors (Lipinski definition) is 5. The summed E-state index contributed by atoms with van der Waals surface area (Å²) < 4.78 is 5.39. The SMILES string of the molecule is CCCN1C(=O)/C(=C\c2ccc(N3CCOCC3)cc2C)C(=O)NC1=S. The third-order valence-corrected chi connectivity index (χ3v) is 4.88. The minimum absolute atomic E-state index is 0.120. The first-order valence-corrected chi connectivity index (χ1v) is 9.24. The van der Waals surface area contributed by atoms with E-state index < -0.39 is 5.91 Å². The van der Waals surface area contributed by atoms with Crippen molar-refractivity contribution in [1.29, 1.82) is 0 Å². The highest BCUT2D eigenvalue weighted by atomic mass is 32.1. The van der Waals surface area contributed by atoms with Gasteiger partial charge < -0.3 is 9.64 Å². The molecule has 0 atom stereocenters. The number of morpholine rings is 1. The number of nitrogens with one attached hydrogen (secondary N) is 1. The Labute approximate surface area is 158 Å². The maximum Gasteiger partial charge on any atom is 0.265 e. The van der Waals surface area contributed by atoms with Gasteiger partial charge in [0.1, 0.15) is 5.57 Å². The number of benzene rings is 1. The molecule has 138 valence electrons. The van der Waals surface area contributed by atoms with Crippen molar-refractivity contribution < 1.29 is 14.3 Å². The van der Waals surface area contributed by atoms with Crippen LogP contribution in [0.4, 0.5) is 5.69 Å². The van der Waals surface area contributed by atoms with E-state index in [0.29, 0.717) is 6.54 Å². The highest BCUT2D eigenvalue weighted by molar-refractivity contribution is 7.80. The molecule has 1 aromatic rings. The van der Waals surface area contributed by atoms with Crippen LogP contribution < -0.4 is 10.2 Å². The van der Waals surface area contributed by atoms with Gasteiger partial charge in [-0.25, -0.2) is 0 Å². The van der Waals surface area contributed by atoms with Gasteiger partial charge in [0.05, 0.1) is 13.2 Å². The summed E-state index contributed by atoms with van der Waals surface area (Å²) in [6.07, 6.45) is 2.42. The summed E-state index contributed by atoms with van der Waals surface area (Å²) in [6.45, 7) is 7.62. The molecule has 3 rings (SSSR count). The summed E-state index contributed by atoms with van der Waals surface area (Å²) in [7, 11) is 0. The van der Waals surface area contributed by atoms with Crippen LogP contribution in [0.5, 0.6) is 0 Å². The molecule has 6 nitrogen and oxygen atoms in total. The Morgan fingerprint density at radius 2 is 2.00 bits per heavy atom. The number of nitrogens with zero attached hydrogens (tertiary/aromatic N) is 2. The molecule has 2 heterocycles. The average molecular weight is 373 g/mol. The summed E-state index contributed by atoms with van der Waals surface area (Å²) in [5.41, 5.74) is 3.11. The number of carbonyl (C=O) groups is 2. The number of anilines is 1. The molecular weight excluding hydrogens is 350 g/mol. The summed E-state index contributed by atoms with van der Waals surface area (Å²) in [5, 5.41) is 2.78. The third-order valence-electron chi connectivity index (χ3n) is 4.56. The number of thiocarbonyl (C=S) groups is 1. The van der Waals surface area contributed by atoms with E-state index in [-0.39, 0.29) is 16.6 Å². The van der Waals surface area contributed by atoms with Crippen molar-refractivity contribution in [2.45, 2.75) is 20.3 Å². The van der Waals surface area contributed by atoms with Gasteiger partial charge in [-0.1, -0.05) is 13.0 Å². The van der Waals surface area contributed by atoms with Crippen LogP contribution in [0.2, 0.25) is 0 Å². The molecule has 0 unspecified atom stereocenters. The summed E-state index contributed by atoms with van der Waals surface area (Å²) >= 11 is 5.11. The van der Waals surface area contributed by atoms with Crippen LogP contribution in [0.3, 0.4) is 0 Å². The van der Waals surface area contributed by atoms with E-state index >= 15 is 0 Å². The van der Waals surface area contributed by atoms with Gasteiger partial charge >= 0.3 is 0 Å². The first kappa shape index (κ1) is 18.5. The standard InChI is InChI=1S/C19H23N3O3S/c1-3-6-22-18(24)16(17(23)20-19(22)26)12-14-4-5-15(11-13(14)2)21-7-9-25-10-8-21/h4-5,11-12H,3,6-10H2,1-2H3,(H,20,23,26)/b16-12-. The second kappa shape index (κ2) is 7.97. The van der Waals surface area contributed by atoms with Crippen LogP contribution in [0, 0.1) is 6.92 Å². The summed E-state index contributed by atoms with van der Waals surface area (Å²) in [4.78, 5) is 28.6. The maximum atomic E-state index is 12.7. The molecule has 2 saturated heterocycles. The predicted molar refractivity (Wildman–Crippen MR) is 105 cm³/mol. The molecule has 2 aliphatic rings. The van der Waals surface area contributed by atoms with Crippen LogP contribution in [-0.4, -0.2) is 54.7 Å². The van der Waals surface area contributed by atoms with E-state index in [1.54, 1.807) is 6.08 Å². The second-order valence-electron chi connectivity index (χ2n) is 6.41. The Morgan fingerprint density at radius 3 is 2.65 bits per heavy atom. The molecular formula is C19H23N3O3S. The number of aryl methyl sites for hydroxylation is 1. The molecule has 0 aliphatic carbocycles. The first-order chi connectivity index (χ1) is 12.5. The van der Waals surface area contributed by atoms with Crippen molar-refractivity contribution in [1.82, 2.24) is 10.2 Å². The Hall–Kier alpha value is -2.25. The normalized spacial score (nSPS) is 19.9. The monoisotopic (exact) mass is 373 g/mol. The van der Waals surface area contributed by atoms with Crippen LogP contribution in [0.15, 0.2) is 23.8 Å². The van der Waals surface area contributed by atoms with Crippen molar-refractivity contribution in [3.63, 3.8) is 0 Å². The number of hydrogen-bond donors (Lipinski definition) is 1. The summed E-state index contributed by atoms with van der Waals surface area (Å²) in [5.74, 6) is -0.777. The molecule has 1 aromatic carbocycles. The number of rotatable bonds is 4. The third kappa shape index (κ3) is 3.78. The molecule has 0 radical (unpaired) electrons. The highest BCUT2D eigenvalue weighted by Gasteiger charge is 2.32. The topological polar surface area (TPSA) is 61.9 Å². The fourth-order valence-corrected chi connectivity index (χ4v) is 3.38. The number of amides is 2. The number of ether oxygens (including phenoxy) is 1. The molecule has 2 aliphatic heterocycles. The maximum absolute atomic E-state index is 12.7. The van der Waals surface area contributed by atoms with Gasteiger partial charge in [-0.3, -0.25) is 19.8 Å². The van der Waals surface area contributed by atoms with Crippen LogP contribution in [0.25, 0.3) is 6.08 Å². The average Bonchev–Trinajstić information content (AvgIpc) is 2.64. The molecule has 7 heteroatoms. The smallest absolute Gasteiger partial charge is 0.265 e. The lowest BCUT2D eigenvalue weighted by atomic mass is 10.0. The van der Waals surface area contributed by atoms with Gasteiger partial charge in [0.15, 0.2) is 5.11 Å². The Balaban J connectivity index is 1.87. The van der Waals surface area contributed by atoms with Gasteiger partial charge in [-0.05, 0) is 54.9 Å². The van der Waals surface area contributed by atoms with E-state index in [0.717, 1.165) is 49.5 Å². The van der Waals surface area contributed by atoms with Gasteiger partial charge in [-0.15, -0.1) is 0 Å². The number of carbonyl (C=O) groups excluding carboxylic acids is 2. The van der Waals surface area contributed by atoms with E-state index in [9.17, 15) is 9.59 Å². The zero-order chi connectivity index (χ0) is 18.7. The van der Waals surface area contributed by atoms with Crippen molar-refractivity contribution in [2.24, 2.45) is 0 Å². The van der Waals surface area contributed by atoms with Crippen molar-refractivity contribution in [2.75, 3.05) is 37.7 Å². The molecule has 0 bridgehead atoms. The molecule has 26 heavy (non-hydrogen) atoms. The van der Waals surface area contributed by atoms with Gasteiger partial charge in [0.2, 0.25) is 0 Å². The van der Waals surface area contributed by atoms with E-state index in [1.807, 2.05) is 26.0 Å². The van der Waals surface area contributed by atoms with Crippen LogP contribution in [-0.2, 0) is 14.3 Å². The highest BCUT2D eigenvalue weighted by Crippen LogP contribution is 2.23. The van der Waals surface area contributed by atoms with Crippen LogP contribution in [0.1, 0.15) is 24.5 Å². The lowest BCUT2D eigenvalue weighted by Crippen LogP contribution is -2.54. The summed E-state index contributed by atoms with van der Waals surface area (Å²) in [6, 6.07) is 6.05.